The van der Waals surface area contributed by atoms with E-state index in [9.17, 15) is 4.79 Å². The first-order valence-electron chi connectivity index (χ1n) is 4.79. The van der Waals surface area contributed by atoms with E-state index in [0.717, 1.165) is 22.8 Å². The third-order valence-corrected chi connectivity index (χ3v) is 2.20. The fourth-order valence-corrected chi connectivity index (χ4v) is 1.21. The Hall–Kier alpha value is -1.42. The van der Waals surface area contributed by atoms with Gasteiger partial charge in [0.1, 0.15) is 0 Å². The van der Waals surface area contributed by atoms with E-state index in [0.29, 0.717) is 0 Å². The number of carbonyl (C=O) groups is 1. The molecule has 0 aliphatic carbocycles. The van der Waals surface area contributed by atoms with Gasteiger partial charge in [-0.15, -0.1) is 0 Å². The summed E-state index contributed by atoms with van der Waals surface area (Å²) in [6.45, 7) is 3.49. The van der Waals surface area contributed by atoms with Crippen molar-refractivity contribution in [2.75, 3.05) is 10.6 Å². The van der Waals surface area contributed by atoms with Crippen LogP contribution in [-0.4, -0.2) is 10.9 Å². The first kappa shape index (κ1) is 11.7. The second kappa shape index (κ2) is 5.46. The van der Waals surface area contributed by atoms with E-state index in [-0.39, 0.29) is 5.91 Å². The zero-order chi connectivity index (χ0) is 11.3. The van der Waals surface area contributed by atoms with Gasteiger partial charge in [0.25, 0.3) is 0 Å². The summed E-state index contributed by atoms with van der Waals surface area (Å²) in [6, 6.07) is 7.44. The van der Waals surface area contributed by atoms with E-state index in [1.54, 1.807) is 0 Å². The van der Waals surface area contributed by atoms with Crippen molar-refractivity contribution >= 4 is 34.5 Å². The Morgan fingerprint density at radius 2 is 1.67 bits per heavy atom. The maximum atomic E-state index is 10.8. The minimum atomic E-state index is -0.0696. The van der Waals surface area contributed by atoms with Crippen molar-refractivity contribution in [3.05, 3.63) is 24.3 Å². The van der Waals surface area contributed by atoms with Crippen LogP contribution >= 0.6 is 12.2 Å². The monoisotopic (exact) mass is 222 g/mol. The zero-order valence-electron chi connectivity index (χ0n) is 8.83. The molecule has 1 aromatic rings. The molecule has 1 amide bonds. The Bertz CT molecular complexity index is 359. The Morgan fingerprint density at radius 1 is 1.20 bits per heavy atom. The molecule has 0 heterocycles. The number of amides is 1. The van der Waals surface area contributed by atoms with Gasteiger partial charge in [-0.3, -0.25) is 4.79 Å². The molecule has 0 aliphatic heterocycles. The molecule has 3 nitrogen and oxygen atoms in total. The highest BCUT2D eigenvalue weighted by molar-refractivity contribution is 7.80. The highest BCUT2D eigenvalue weighted by atomic mass is 32.1. The second-order valence-electron chi connectivity index (χ2n) is 3.16. The highest BCUT2D eigenvalue weighted by Gasteiger charge is 1.97. The van der Waals surface area contributed by atoms with Crippen LogP contribution in [-0.2, 0) is 4.79 Å². The van der Waals surface area contributed by atoms with Crippen molar-refractivity contribution in [3.63, 3.8) is 0 Å². The fourth-order valence-electron chi connectivity index (χ4n) is 1.09. The van der Waals surface area contributed by atoms with Crippen molar-refractivity contribution in [2.45, 2.75) is 20.3 Å². The summed E-state index contributed by atoms with van der Waals surface area (Å²) in [5.74, 6) is -0.0696. The lowest BCUT2D eigenvalue weighted by Gasteiger charge is -2.07. The maximum absolute atomic E-state index is 10.8. The lowest BCUT2D eigenvalue weighted by atomic mass is 10.2. The number of hydrogen-bond acceptors (Lipinski definition) is 2. The number of carbonyl (C=O) groups excluding carboxylic acids is 1. The SMILES string of the molecule is CCC(=S)Nc1ccc(NC(C)=O)cc1. The lowest BCUT2D eigenvalue weighted by Crippen LogP contribution is -2.08. The Morgan fingerprint density at radius 3 is 2.07 bits per heavy atom. The predicted octanol–water partition coefficient (Wildman–Crippen LogP) is 2.79. The highest BCUT2D eigenvalue weighted by Crippen LogP contribution is 2.13. The summed E-state index contributed by atoms with van der Waals surface area (Å²) in [7, 11) is 0. The third-order valence-electron chi connectivity index (χ3n) is 1.81. The van der Waals surface area contributed by atoms with Crippen molar-refractivity contribution in [1.29, 1.82) is 0 Å². The number of rotatable bonds is 3. The van der Waals surface area contributed by atoms with Crippen LogP contribution in [0.25, 0.3) is 0 Å². The lowest BCUT2D eigenvalue weighted by molar-refractivity contribution is -0.114. The van der Waals surface area contributed by atoms with Gasteiger partial charge in [-0.1, -0.05) is 19.1 Å². The average Bonchev–Trinajstić information content (AvgIpc) is 2.20. The molecular weight excluding hydrogens is 208 g/mol. The van der Waals surface area contributed by atoms with E-state index in [1.807, 2.05) is 31.2 Å². The van der Waals surface area contributed by atoms with Gasteiger partial charge in [0.05, 0.1) is 4.99 Å². The van der Waals surface area contributed by atoms with Crippen molar-refractivity contribution in [3.8, 4) is 0 Å². The molecule has 0 aromatic heterocycles. The van der Waals surface area contributed by atoms with E-state index >= 15 is 0 Å². The third kappa shape index (κ3) is 4.08. The number of nitrogens with one attached hydrogen (secondary N) is 2. The summed E-state index contributed by atoms with van der Waals surface area (Å²) in [5, 5.41) is 5.79. The molecule has 2 N–H and O–H groups in total. The molecule has 80 valence electrons. The molecule has 15 heavy (non-hydrogen) atoms. The number of hydrogen-bond donors (Lipinski definition) is 2. The van der Waals surface area contributed by atoms with E-state index in [2.05, 4.69) is 10.6 Å². The molecular formula is C11H14N2OS. The minimum Gasteiger partial charge on any atom is -0.350 e. The van der Waals surface area contributed by atoms with Gasteiger partial charge in [-0.05, 0) is 30.7 Å². The van der Waals surface area contributed by atoms with E-state index in [1.165, 1.54) is 6.92 Å². The summed E-state index contributed by atoms with van der Waals surface area (Å²) < 4.78 is 0. The standard InChI is InChI=1S/C11H14N2OS/c1-3-11(15)13-10-6-4-9(5-7-10)12-8(2)14/h4-7H,3H2,1-2H3,(H,12,14)(H,13,15). The van der Waals surface area contributed by atoms with E-state index < -0.39 is 0 Å². The zero-order valence-corrected chi connectivity index (χ0v) is 9.65. The normalized spacial score (nSPS) is 9.47. The second-order valence-corrected chi connectivity index (χ2v) is 3.65. The Balaban J connectivity index is 2.64. The van der Waals surface area contributed by atoms with Gasteiger partial charge in [0.15, 0.2) is 0 Å². The van der Waals surface area contributed by atoms with Gasteiger partial charge in [-0.2, -0.15) is 0 Å². The molecule has 4 heteroatoms. The first-order chi connectivity index (χ1) is 7.11. The summed E-state index contributed by atoms with van der Waals surface area (Å²) in [6.07, 6.45) is 0.822. The fraction of sp³-hybridized carbons (Fsp3) is 0.273. The Labute approximate surface area is 94.9 Å². The number of thiocarbonyl (C=S) groups is 1. The summed E-state index contributed by atoms with van der Waals surface area (Å²) >= 11 is 5.06. The molecule has 0 bridgehead atoms. The smallest absolute Gasteiger partial charge is 0.221 e. The largest absolute Gasteiger partial charge is 0.350 e. The summed E-state index contributed by atoms with van der Waals surface area (Å²) in [4.78, 5) is 11.6. The molecule has 0 saturated carbocycles. The van der Waals surface area contributed by atoms with Crippen molar-refractivity contribution < 1.29 is 4.79 Å². The van der Waals surface area contributed by atoms with Crippen LogP contribution in [0.1, 0.15) is 20.3 Å². The summed E-state index contributed by atoms with van der Waals surface area (Å²) in [5.41, 5.74) is 1.73. The van der Waals surface area contributed by atoms with Crippen LogP contribution in [0.4, 0.5) is 11.4 Å². The van der Waals surface area contributed by atoms with Gasteiger partial charge >= 0.3 is 0 Å². The molecule has 0 spiro atoms. The molecule has 1 rings (SSSR count). The van der Waals surface area contributed by atoms with E-state index in [4.69, 9.17) is 12.2 Å². The van der Waals surface area contributed by atoms with Gasteiger partial charge in [0, 0.05) is 18.3 Å². The molecule has 1 aromatic carbocycles. The molecule has 0 radical (unpaired) electrons. The molecule has 0 saturated heterocycles. The van der Waals surface area contributed by atoms with Crippen molar-refractivity contribution in [1.82, 2.24) is 0 Å². The maximum Gasteiger partial charge on any atom is 0.221 e. The van der Waals surface area contributed by atoms with Gasteiger partial charge in [-0.25, -0.2) is 0 Å². The van der Waals surface area contributed by atoms with Gasteiger partial charge in [0.2, 0.25) is 5.91 Å². The van der Waals surface area contributed by atoms with Crippen LogP contribution in [0.2, 0.25) is 0 Å². The topological polar surface area (TPSA) is 41.1 Å². The van der Waals surface area contributed by atoms with Gasteiger partial charge < -0.3 is 10.6 Å². The molecule has 0 atom stereocenters. The number of anilines is 2. The molecule has 0 aliphatic rings. The quantitative estimate of drug-likeness (QED) is 0.773. The molecule has 0 fully saturated rings. The minimum absolute atomic E-state index is 0.0696. The van der Waals surface area contributed by atoms with Crippen molar-refractivity contribution in [2.24, 2.45) is 0 Å². The first-order valence-corrected chi connectivity index (χ1v) is 5.20. The van der Waals surface area contributed by atoms with Crippen LogP contribution in [0.5, 0.6) is 0 Å². The van der Waals surface area contributed by atoms with Crippen LogP contribution in [0.15, 0.2) is 24.3 Å². The Kier molecular flexibility index (Phi) is 4.24. The van der Waals surface area contributed by atoms with Crippen LogP contribution < -0.4 is 10.6 Å². The molecule has 0 unspecified atom stereocenters. The average molecular weight is 222 g/mol. The number of benzene rings is 1. The van der Waals surface area contributed by atoms with Crippen LogP contribution in [0.3, 0.4) is 0 Å². The predicted molar refractivity (Wildman–Crippen MR) is 67.3 cm³/mol. The van der Waals surface area contributed by atoms with Crippen LogP contribution in [0, 0.1) is 0 Å².